The second-order valence-corrected chi connectivity index (χ2v) is 17.4. The molecule has 2 bridgehead atoms. The maximum atomic E-state index is 14.5. The van der Waals surface area contributed by atoms with Crippen LogP contribution in [0.5, 0.6) is 11.5 Å². The van der Waals surface area contributed by atoms with Crippen LogP contribution < -0.4 is 9.47 Å². The summed E-state index contributed by atoms with van der Waals surface area (Å²) in [5.41, 5.74) is 5.08. The van der Waals surface area contributed by atoms with E-state index in [-0.39, 0.29) is 35.5 Å². The van der Waals surface area contributed by atoms with Gasteiger partial charge >= 0.3 is 5.97 Å². The van der Waals surface area contributed by atoms with Gasteiger partial charge in [-0.25, -0.2) is 0 Å². The monoisotopic (exact) mass is 746 g/mol. The summed E-state index contributed by atoms with van der Waals surface area (Å²) in [5.74, 6) is 1.98. The van der Waals surface area contributed by atoms with Crippen LogP contribution in [0, 0.1) is 11.8 Å². The number of nitrogens with zero attached hydrogens (tertiary/aromatic N) is 2. The van der Waals surface area contributed by atoms with Crippen LogP contribution in [0.15, 0.2) is 72.8 Å². The van der Waals surface area contributed by atoms with Crippen LogP contribution in [0.2, 0.25) is 0 Å². The summed E-state index contributed by atoms with van der Waals surface area (Å²) in [6, 6.07) is 25.9. The third-order valence-corrected chi connectivity index (χ3v) is 13.9. The number of amides is 1. The third-order valence-electron chi connectivity index (χ3n) is 13.9. The number of hydrogen-bond acceptors (Lipinski definition) is 6. The normalized spacial score (nSPS) is 27.2. The Balaban J connectivity index is 0.951. The molecule has 55 heavy (non-hydrogen) atoms. The summed E-state index contributed by atoms with van der Waals surface area (Å²) in [4.78, 5) is 31.7. The smallest absolute Gasteiger partial charge is 0.308 e. The summed E-state index contributed by atoms with van der Waals surface area (Å²) in [5, 5.41) is 10.3. The number of benzene rings is 3. The number of rotatable bonds is 19. The number of carbonyl (C=O) groups excluding carboxylic acids is 2. The lowest BCUT2D eigenvalue weighted by Gasteiger charge is -2.60. The minimum absolute atomic E-state index is 0.0311. The second-order valence-electron chi connectivity index (χ2n) is 17.4. The first kappa shape index (κ1) is 38.2. The topological polar surface area (TPSA) is 79.3 Å². The number of unbranched alkanes of at least 4 members (excludes halogenated alkanes) is 7. The number of ether oxygens (including phenoxy) is 2. The SMILES string of the molecule is CC(=O)Oc1ccc2c3c1O[C@H]1[C@@H](N(CCCc4ccccc4)C(=O)CCCCCCCCCCc4ccccc4)CC[C@H]4[C@@H](C2)N(CC2CC2O)CC[C@@]341. The lowest BCUT2D eigenvalue weighted by atomic mass is 9.51. The molecule has 7 heteroatoms. The fourth-order valence-corrected chi connectivity index (χ4v) is 11.1. The first-order chi connectivity index (χ1) is 26.9. The van der Waals surface area contributed by atoms with Crippen molar-refractivity contribution in [2.45, 2.75) is 146 Å². The van der Waals surface area contributed by atoms with Gasteiger partial charge in [-0.15, -0.1) is 0 Å². The van der Waals surface area contributed by atoms with Crippen molar-refractivity contribution < 1.29 is 24.2 Å². The molecule has 0 radical (unpaired) electrons. The third kappa shape index (κ3) is 8.25. The number of carbonyl (C=O) groups is 2. The van der Waals surface area contributed by atoms with E-state index >= 15 is 0 Å². The number of aryl methyl sites for hydroxylation is 2. The highest BCUT2D eigenvalue weighted by atomic mass is 16.6. The van der Waals surface area contributed by atoms with Gasteiger partial charge in [0.25, 0.3) is 0 Å². The van der Waals surface area contributed by atoms with Crippen molar-refractivity contribution in [3.8, 4) is 11.5 Å². The van der Waals surface area contributed by atoms with Crippen molar-refractivity contribution in [2.24, 2.45) is 11.8 Å². The molecule has 8 rings (SSSR count). The molecule has 294 valence electrons. The number of hydrogen-bond donors (Lipinski definition) is 1. The zero-order valence-electron chi connectivity index (χ0n) is 33.0. The van der Waals surface area contributed by atoms with Crippen LogP contribution in [0.3, 0.4) is 0 Å². The Morgan fingerprint density at radius 3 is 2.18 bits per heavy atom. The zero-order valence-corrected chi connectivity index (χ0v) is 33.0. The van der Waals surface area contributed by atoms with Crippen LogP contribution in [-0.2, 0) is 34.3 Å². The predicted molar refractivity (Wildman–Crippen MR) is 216 cm³/mol. The highest BCUT2D eigenvalue weighted by molar-refractivity contribution is 5.77. The molecule has 2 unspecified atom stereocenters. The van der Waals surface area contributed by atoms with Gasteiger partial charge in [-0.2, -0.15) is 0 Å². The minimum atomic E-state index is -0.340. The van der Waals surface area contributed by atoms with Crippen molar-refractivity contribution >= 4 is 11.9 Å². The van der Waals surface area contributed by atoms with Crippen LogP contribution in [-0.4, -0.2) is 70.7 Å². The highest BCUT2D eigenvalue weighted by Crippen LogP contribution is 2.64. The average molecular weight is 747 g/mol. The van der Waals surface area contributed by atoms with Crippen LogP contribution >= 0.6 is 0 Å². The van der Waals surface area contributed by atoms with Crippen molar-refractivity contribution in [1.82, 2.24) is 9.80 Å². The van der Waals surface area contributed by atoms with Gasteiger partial charge in [0.05, 0.1) is 12.1 Å². The highest BCUT2D eigenvalue weighted by Gasteiger charge is 2.67. The van der Waals surface area contributed by atoms with Crippen LogP contribution in [0.25, 0.3) is 0 Å². The molecule has 2 saturated carbocycles. The molecule has 3 fully saturated rings. The number of esters is 1. The summed E-state index contributed by atoms with van der Waals surface area (Å²) < 4.78 is 13.0. The van der Waals surface area contributed by atoms with E-state index in [2.05, 4.69) is 76.5 Å². The number of aliphatic hydroxyl groups is 1. The van der Waals surface area contributed by atoms with Crippen molar-refractivity contribution in [2.75, 3.05) is 19.6 Å². The van der Waals surface area contributed by atoms with Crippen molar-refractivity contribution in [1.29, 1.82) is 0 Å². The number of likely N-dealkylation sites (tertiary alicyclic amines) is 1. The van der Waals surface area contributed by atoms with Crippen LogP contribution in [0.1, 0.15) is 119 Å². The Bertz CT molecular complexity index is 1760. The summed E-state index contributed by atoms with van der Waals surface area (Å²) >= 11 is 0. The molecular weight excluding hydrogens is 685 g/mol. The largest absolute Gasteiger partial charge is 0.483 e. The van der Waals surface area contributed by atoms with E-state index < -0.39 is 0 Å². The molecule has 1 saturated heterocycles. The number of aliphatic hydroxyl groups excluding tert-OH is 1. The Morgan fingerprint density at radius 1 is 0.855 bits per heavy atom. The minimum Gasteiger partial charge on any atom is -0.483 e. The zero-order chi connectivity index (χ0) is 37.8. The molecule has 5 aliphatic rings. The summed E-state index contributed by atoms with van der Waals surface area (Å²) in [7, 11) is 0. The molecule has 3 aliphatic carbocycles. The van der Waals surface area contributed by atoms with Gasteiger partial charge < -0.3 is 19.5 Å². The molecule has 0 aromatic heterocycles. The van der Waals surface area contributed by atoms with E-state index in [0.717, 1.165) is 83.2 Å². The predicted octanol–water partition coefficient (Wildman–Crippen LogP) is 8.62. The molecule has 3 aromatic carbocycles. The Hall–Kier alpha value is -3.68. The fraction of sp³-hybridized carbons (Fsp3) is 0.583. The lowest BCUT2D eigenvalue weighted by molar-refractivity contribution is -0.143. The summed E-state index contributed by atoms with van der Waals surface area (Å²) in [6.07, 6.45) is 17.6. The molecule has 7 nitrogen and oxygen atoms in total. The Morgan fingerprint density at radius 2 is 1.51 bits per heavy atom. The van der Waals surface area contributed by atoms with E-state index in [9.17, 15) is 14.7 Å². The Labute approximate surface area is 328 Å². The van der Waals surface area contributed by atoms with Gasteiger partial charge in [-0.1, -0.05) is 105 Å². The van der Waals surface area contributed by atoms with Gasteiger partial charge in [0.1, 0.15) is 6.10 Å². The van der Waals surface area contributed by atoms with E-state index in [0.29, 0.717) is 30.0 Å². The van der Waals surface area contributed by atoms with Crippen molar-refractivity contribution in [3.05, 3.63) is 95.1 Å². The first-order valence-electron chi connectivity index (χ1n) is 21.7. The molecule has 1 amide bonds. The standard InChI is InChI=1S/C48H62N2O5/c1-34(51)54-43-27-24-37-31-41-39-25-26-40(47-48(39,45(37)46(43)55-47)28-30-49(41)33-38-32-42(38)52)50(29-16-22-36-20-13-9-14-21-36)44(53)23-15-7-5-3-2-4-6-10-17-35-18-11-8-12-19-35/h8-9,11-14,18-21,24,27,38-42,47,52H,2-7,10,15-17,22-23,25-26,28-33H2,1H3/t38?,39-,40-,41+,42?,47-,48-/m0/s1. The van der Waals surface area contributed by atoms with E-state index in [1.54, 1.807) is 0 Å². The van der Waals surface area contributed by atoms with Gasteiger partial charge in [-0.05, 0) is 99.4 Å². The Kier molecular flexibility index (Phi) is 12.0. The molecule has 1 N–H and O–H groups in total. The molecular formula is C48H62N2O5. The average Bonchev–Trinajstić information content (AvgIpc) is 3.77. The fourth-order valence-electron chi connectivity index (χ4n) is 11.1. The van der Waals surface area contributed by atoms with E-state index in [4.69, 9.17) is 9.47 Å². The van der Waals surface area contributed by atoms with E-state index in [1.165, 1.54) is 74.1 Å². The van der Waals surface area contributed by atoms with Crippen LogP contribution in [0.4, 0.5) is 0 Å². The second kappa shape index (κ2) is 17.2. The first-order valence-corrected chi connectivity index (χ1v) is 21.7. The molecule has 2 heterocycles. The molecule has 2 aliphatic heterocycles. The van der Waals surface area contributed by atoms with Gasteiger partial charge in [0.2, 0.25) is 5.91 Å². The van der Waals surface area contributed by atoms with Gasteiger partial charge in [-0.3, -0.25) is 14.5 Å². The number of piperidine rings is 1. The van der Waals surface area contributed by atoms with Gasteiger partial charge in [0.15, 0.2) is 11.5 Å². The lowest BCUT2D eigenvalue weighted by Crippen LogP contribution is -2.69. The van der Waals surface area contributed by atoms with E-state index in [1.807, 2.05) is 6.07 Å². The summed E-state index contributed by atoms with van der Waals surface area (Å²) in [6.45, 7) is 4.10. The van der Waals surface area contributed by atoms with Gasteiger partial charge in [0, 0.05) is 49.4 Å². The molecule has 7 atom stereocenters. The molecule has 1 spiro atoms. The van der Waals surface area contributed by atoms with Crippen molar-refractivity contribution in [3.63, 3.8) is 0 Å². The quantitative estimate of drug-likeness (QED) is 0.0752. The molecule has 3 aromatic rings. The maximum absolute atomic E-state index is 14.5. The maximum Gasteiger partial charge on any atom is 0.308 e.